The molecule has 0 fully saturated rings. The summed E-state index contributed by atoms with van der Waals surface area (Å²) in [4.78, 5) is 14.4. The number of halogens is 2. The molecule has 0 radical (unpaired) electrons. The molecule has 0 saturated carbocycles. The van der Waals surface area contributed by atoms with Crippen LogP contribution in [0.2, 0.25) is 0 Å². The van der Waals surface area contributed by atoms with Crippen molar-refractivity contribution < 1.29 is 4.79 Å². The monoisotopic (exact) mass is 409 g/mol. The molecule has 0 spiro atoms. The van der Waals surface area contributed by atoms with E-state index in [1.165, 1.54) is 0 Å². The highest BCUT2D eigenvalue weighted by Crippen LogP contribution is 2.21. The summed E-state index contributed by atoms with van der Waals surface area (Å²) in [5.41, 5.74) is 0.774. The Kier molecular flexibility index (Phi) is 5.44. The van der Waals surface area contributed by atoms with Gasteiger partial charge in [-0.2, -0.15) is 0 Å². The molecule has 0 atom stereocenters. The number of hydrogen-bond donors (Lipinski definition) is 0. The second-order valence-electron chi connectivity index (χ2n) is 4.52. The third kappa shape index (κ3) is 3.68. The van der Waals surface area contributed by atoms with Crippen LogP contribution in [0, 0.1) is 3.57 Å². The zero-order valence-corrected chi connectivity index (χ0v) is 14.2. The molecule has 4 heteroatoms. The first-order valence-electron chi connectivity index (χ1n) is 5.62. The van der Waals surface area contributed by atoms with E-state index >= 15 is 0 Å². The minimum atomic E-state index is 0.104. The lowest BCUT2D eigenvalue weighted by Gasteiger charge is -2.31. The predicted molar refractivity (Wildman–Crippen MR) is 83.3 cm³/mol. The molecule has 1 amide bonds. The summed E-state index contributed by atoms with van der Waals surface area (Å²) < 4.78 is 1.98. The van der Waals surface area contributed by atoms with Gasteiger partial charge in [0.2, 0.25) is 0 Å². The maximum Gasteiger partial charge on any atom is 0.255 e. The molecule has 1 aromatic rings. The lowest BCUT2D eigenvalue weighted by atomic mass is 10.1. The quantitative estimate of drug-likeness (QED) is 0.681. The van der Waals surface area contributed by atoms with Crippen molar-refractivity contribution in [3.63, 3.8) is 0 Å². The van der Waals surface area contributed by atoms with Crippen molar-refractivity contribution in [3.05, 3.63) is 31.8 Å². The molecule has 0 N–H and O–H groups in total. The van der Waals surface area contributed by atoms with Crippen LogP contribution < -0.4 is 0 Å². The summed E-state index contributed by atoms with van der Waals surface area (Å²) in [5, 5.41) is 0. The first kappa shape index (κ1) is 15.0. The van der Waals surface area contributed by atoms with E-state index in [0.717, 1.165) is 13.6 Å². The predicted octanol–water partition coefficient (Wildman–Crippen LogP) is 4.31. The molecule has 0 aliphatic rings. The number of hydrogen-bond acceptors (Lipinski definition) is 1. The normalized spacial score (nSPS) is 11.1. The maximum absolute atomic E-state index is 12.5. The second kappa shape index (κ2) is 6.18. The topological polar surface area (TPSA) is 20.3 Å². The molecule has 1 aromatic carbocycles. The second-order valence-corrected chi connectivity index (χ2v) is 6.60. The fourth-order valence-corrected chi connectivity index (χ4v) is 3.40. The van der Waals surface area contributed by atoms with Crippen LogP contribution in [0.1, 0.15) is 38.1 Å². The first-order chi connectivity index (χ1) is 7.84. The van der Waals surface area contributed by atoms with E-state index in [1.807, 2.05) is 50.8 Å². The Morgan fingerprint density at radius 1 is 1.24 bits per heavy atom. The van der Waals surface area contributed by atoms with Crippen LogP contribution in [0.15, 0.2) is 22.7 Å². The van der Waals surface area contributed by atoms with Crippen molar-refractivity contribution in [1.29, 1.82) is 0 Å². The first-order valence-corrected chi connectivity index (χ1v) is 7.49. The lowest BCUT2D eigenvalue weighted by molar-refractivity contribution is 0.0642. The van der Waals surface area contributed by atoms with Gasteiger partial charge in [0.05, 0.1) is 5.56 Å². The highest BCUT2D eigenvalue weighted by atomic mass is 127. The number of nitrogens with zero attached hydrogens (tertiary/aromatic N) is 1. The molecule has 1 rings (SSSR count). The van der Waals surface area contributed by atoms with Crippen molar-refractivity contribution in [2.75, 3.05) is 0 Å². The van der Waals surface area contributed by atoms with Crippen molar-refractivity contribution in [2.45, 2.75) is 39.8 Å². The van der Waals surface area contributed by atoms with Gasteiger partial charge in [-0.3, -0.25) is 4.79 Å². The summed E-state index contributed by atoms with van der Waals surface area (Å²) in [6, 6.07) is 6.18. The van der Waals surface area contributed by atoms with Crippen molar-refractivity contribution >= 4 is 44.4 Å². The Bertz CT molecular complexity index is 410. The minimum absolute atomic E-state index is 0.104. The van der Waals surface area contributed by atoms with Crippen LogP contribution in [0.5, 0.6) is 0 Å². The number of amides is 1. The average molecular weight is 410 g/mol. The Balaban J connectivity index is 3.10. The number of benzene rings is 1. The van der Waals surface area contributed by atoms with Gasteiger partial charge in [0, 0.05) is 20.1 Å². The van der Waals surface area contributed by atoms with Crippen LogP contribution in [0.25, 0.3) is 0 Å². The maximum atomic E-state index is 12.5. The minimum Gasteiger partial charge on any atom is -0.334 e. The molecule has 17 heavy (non-hydrogen) atoms. The molecule has 0 aromatic heterocycles. The van der Waals surface area contributed by atoms with E-state index < -0.39 is 0 Å². The van der Waals surface area contributed by atoms with Crippen molar-refractivity contribution in [3.8, 4) is 0 Å². The Morgan fingerprint density at radius 2 is 1.76 bits per heavy atom. The summed E-state index contributed by atoms with van der Waals surface area (Å²) in [6.07, 6.45) is 0. The Morgan fingerprint density at radius 3 is 2.18 bits per heavy atom. The van der Waals surface area contributed by atoms with E-state index in [0.29, 0.717) is 0 Å². The highest BCUT2D eigenvalue weighted by Gasteiger charge is 2.23. The molecular formula is C13H17BrINO. The van der Waals surface area contributed by atoms with E-state index in [2.05, 4.69) is 38.5 Å². The summed E-state index contributed by atoms with van der Waals surface area (Å²) in [5.74, 6) is 0.104. The van der Waals surface area contributed by atoms with Gasteiger partial charge >= 0.3 is 0 Å². The fraction of sp³-hybridized carbons (Fsp3) is 0.462. The molecule has 2 nitrogen and oxygen atoms in total. The van der Waals surface area contributed by atoms with Crippen LogP contribution >= 0.6 is 38.5 Å². The molecule has 0 bridgehead atoms. The molecule has 0 heterocycles. The highest BCUT2D eigenvalue weighted by molar-refractivity contribution is 14.1. The zero-order valence-electron chi connectivity index (χ0n) is 10.5. The van der Waals surface area contributed by atoms with Crippen LogP contribution in [0.4, 0.5) is 0 Å². The Labute approximate surface area is 125 Å². The van der Waals surface area contributed by atoms with E-state index in [-0.39, 0.29) is 18.0 Å². The van der Waals surface area contributed by atoms with Gasteiger partial charge in [-0.25, -0.2) is 0 Å². The molecular weight excluding hydrogens is 393 g/mol. The molecule has 0 unspecified atom stereocenters. The standard InChI is InChI=1S/C13H17BrINO/c1-8(2)16(9(3)4)13(17)11-6-5-10(14)7-12(11)15/h5-9H,1-4H3. The number of carbonyl (C=O) groups is 1. The molecule has 94 valence electrons. The molecule has 0 saturated heterocycles. The number of rotatable bonds is 3. The smallest absolute Gasteiger partial charge is 0.255 e. The zero-order chi connectivity index (χ0) is 13.2. The van der Waals surface area contributed by atoms with Gasteiger partial charge in [-0.1, -0.05) is 15.9 Å². The molecule has 0 aliphatic carbocycles. The third-order valence-electron chi connectivity index (χ3n) is 2.51. The van der Waals surface area contributed by atoms with Gasteiger partial charge in [0.25, 0.3) is 5.91 Å². The van der Waals surface area contributed by atoms with E-state index in [4.69, 9.17) is 0 Å². The largest absolute Gasteiger partial charge is 0.334 e. The van der Waals surface area contributed by atoms with Crippen molar-refractivity contribution in [2.24, 2.45) is 0 Å². The lowest BCUT2D eigenvalue weighted by Crippen LogP contribution is -2.42. The van der Waals surface area contributed by atoms with Gasteiger partial charge in [-0.15, -0.1) is 0 Å². The van der Waals surface area contributed by atoms with Gasteiger partial charge in [-0.05, 0) is 68.5 Å². The van der Waals surface area contributed by atoms with Crippen LogP contribution in [-0.2, 0) is 0 Å². The van der Waals surface area contributed by atoms with Crippen molar-refractivity contribution in [1.82, 2.24) is 4.90 Å². The summed E-state index contributed by atoms with van der Waals surface area (Å²) in [6.45, 7) is 8.18. The van der Waals surface area contributed by atoms with Crippen LogP contribution in [-0.4, -0.2) is 22.9 Å². The fourth-order valence-electron chi connectivity index (χ4n) is 1.87. The average Bonchev–Trinajstić information content (AvgIpc) is 2.15. The van der Waals surface area contributed by atoms with Gasteiger partial charge in [0.15, 0.2) is 0 Å². The molecule has 0 aliphatic heterocycles. The van der Waals surface area contributed by atoms with Gasteiger partial charge < -0.3 is 4.90 Å². The van der Waals surface area contributed by atoms with E-state index in [9.17, 15) is 4.79 Å². The van der Waals surface area contributed by atoms with Gasteiger partial charge in [0.1, 0.15) is 0 Å². The summed E-state index contributed by atoms with van der Waals surface area (Å²) >= 11 is 5.61. The van der Waals surface area contributed by atoms with E-state index in [1.54, 1.807) is 0 Å². The third-order valence-corrected chi connectivity index (χ3v) is 3.89. The number of carbonyl (C=O) groups excluding carboxylic acids is 1. The SMILES string of the molecule is CC(C)N(C(=O)c1ccc(Br)cc1I)C(C)C. The van der Waals surface area contributed by atoms with Crippen LogP contribution in [0.3, 0.4) is 0 Å². The Hall–Kier alpha value is -0.100. The summed E-state index contributed by atoms with van der Waals surface area (Å²) in [7, 11) is 0.